The molecule has 0 aromatic rings. The SMILES string of the molecule is CC(C)C1CC(C(C)CCC(C)C2(N)CC2C(C)C)C1. The topological polar surface area (TPSA) is 26.0 Å². The van der Waals surface area contributed by atoms with Crippen LogP contribution in [-0.2, 0) is 0 Å². The molecule has 4 unspecified atom stereocenters. The van der Waals surface area contributed by atoms with Gasteiger partial charge < -0.3 is 5.73 Å². The first-order valence-electron chi connectivity index (χ1n) is 9.04. The Balaban J connectivity index is 1.68. The Bertz CT molecular complexity index is 316. The molecule has 2 aliphatic carbocycles. The number of hydrogen-bond acceptors (Lipinski definition) is 1. The Morgan fingerprint density at radius 2 is 1.50 bits per heavy atom. The highest BCUT2D eigenvalue weighted by Gasteiger charge is 2.55. The van der Waals surface area contributed by atoms with E-state index in [4.69, 9.17) is 5.73 Å². The minimum absolute atomic E-state index is 0.175. The molecule has 2 rings (SSSR count). The van der Waals surface area contributed by atoms with E-state index in [2.05, 4.69) is 41.5 Å². The standard InChI is InChI=1S/C19H37N/c1-12(2)16-9-17(10-16)14(5)7-8-15(6)19(20)11-18(19)13(3)4/h12-18H,7-11,20H2,1-6H3. The van der Waals surface area contributed by atoms with Crippen molar-refractivity contribution in [3.8, 4) is 0 Å². The molecule has 20 heavy (non-hydrogen) atoms. The molecule has 0 spiro atoms. The fourth-order valence-corrected chi connectivity index (χ4v) is 4.48. The first-order chi connectivity index (χ1) is 9.25. The Morgan fingerprint density at radius 3 is 1.95 bits per heavy atom. The zero-order valence-electron chi connectivity index (χ0n) is 14.7. The molecule has 0 radical (unpaired) electrons. The van der Waals surface area contributed by atoms with Crippen LogP contribution in [0.25, 0.3) is 0 Å². The van der Waals surface area contributed by atoms with Crippen LogP contribution in [0, 0.1) is 41.4 Å². The molecule has 0 heterocycles. The average molecular weight is 280 g/mol. The van der Waals surface area contributed by atoms with E-state index >= 15 is 0 Å². The van der Waals surface area contributed by atoms with Crippen molar-refractivity contribution in [2.24, 2.45) is 47.2 Å². The van der Waals surface area contributed by atoms with Crippen LogP contribution < -0.4 is 5.73 Å². The van der Waals surface area contributed by atoms with Crippen molar-refractivity contribution >= 4 is 0 Å². The molecule has 1 nitrogen and oxygen atoms in total. The van der Waals surface area contributed by atoms with Crippen molar-refractivity contribution in [3.05, 3.63) is 0 Å². The van der Waals surface area contributed by atoms with Crippen molar-refractivity contribution in [3.63, 3.8) is 0 Å². The lowest BCUT2D eigenvalue weighted by atomic mass is 9.64. The van der Waals surface area contributed by atoms with Gasteiger partial charge in [0.05, 0.1) is 0 Å². The minimum Gasteiger partial charge on any atom is -0.325 e. The van der Waals surface area contributed by atoms with Crippen LogP contribution in [0.5, 0.6) is 0 Å². The van der Waals surface area contributed by atoms with Crippen molar-refractivity contribution in [1.29, 1.82) is 0 Å². The monoisotopic (exact) mass is 279 g/mol. The third kappa shape index (κ3) is 3.24. The normalized spacial score (nSPS) is 39.8. The fraction of sp³-hybridized carbons (Fsp3) is 1.00. The summed E-state index contributed by atoms with van der Waals surface area (Å²) in [5.41, 5.74) is 6.78. The summed E-state index contributed by atoms with van der Waals surface area (Å²) in [6, 6.07) is 0. The summed E-state index contributed by atoms with van der Waals surface area (Å²) in [5, 5.41) is 0. The molecule has 2 saturated carbocycles. The fourth-order valence-electron chi connectivity index (χ4n) is 4.48. The molecule has 0 aliphatic heterocycles. The Hall–Kier alpha value is -0.0400. The summed E-state index contributed by atoms with van der Waals surface area (Å²) in [7, 11) is 0. The van der Waals surface area contributed by atoms with Gasteiger partial charge in [0, 0.05) is 5.54 Å². The molecule has 0 amide bonds. The second kappa shape index (κ2) is 5.99. The van der Waals surface area contributed by atoms with Gasteiger partial charge in [0.2, 0.25) is 0 Å². The van der Waals surface area contributed by atoms with Gasteiger partial charge in [0.15, 0.2) is 0 Å². The predicted molar refractivity (Wildman–Crippen MR) is 88.5 cm³/mol. The van der Waals surface area contributed by atoms with Gasteiger partial charge in [-0.15, -0.1) is 0 Å². The molecule has 4 atom stereocenters. The van der Waals surface area contributed by atoms with Crippen LogP contribution in [0.15, 0.2) is 0 Å². The highest BCUT2D eigenvalue weighted by Crippen LogP contribution is 2.52. The lowest BCUT2D eigenvalue weighted by molar-refractivity contribution is 0.0872. The van der Waals surface area contributed by atoms with E-state index in [0.717, 1.165) is 35.5 Å². The molecule has 0 bridgehead atoms. The van der Waals surface area contributed by atoms with Crippen molar-refractivity contribution in [2.75, 3.05) is 0 Å². The van der Waals surface area contributed by atoms with Gasteiger partial charge >= 0.3 is 0 Å². The van der Waals surface area contributed by atoms with Gasteiger partial charge in [-0.05, 0) is 67.1 Å². The summed E-state index contributed by atoms with van der Waals surface area (Å²) in [4.78, 5) is 0. The van der Waals surface area contributed by atoms with E-state index < -0.39 is 0 Å². The average Bonchev–Trinajstić information content (AvgIpc) is 2.97. The number of rotatable bonds is 7. The highest BCUT2D eigenvalue weighted by atomic mass is 14.9. The highest BCUT2D eigenvalue weighted by molar-refractivity contribution is 5.11. The quantitative estimate of drug-likeness (QED) is 0.690. The molecule has 0 aromatic carbocycles. The van der Waals surface area contributed by atoms with Crippen LogP contribution >= 0.6 is 0 Å². The van der Waals surface area contributed by atoms with Crippen LogP contribution in [0.3, 0.4) is 0 Å². The zero-order chi connectivity index (χ0) is 15.1. The summed E-state index contributed by atoms with van der Waals surface area (Å²) >= 11 is 0. The Kier molecular flexibility index (Phi) is 4.89. The molecular weight excluding hydrogens is 242 g/mol. The Morgan fingerprint density at radius 1 is 0.900 bits per heavy atom. The minimum atomic E-state index is 0.175. The summed E-state index contributed by atoms with van der Waals surface area (Å²) in [6.45, 7) is 14.3. The number of hydrogen-bond donors (Lipinski definition) is 1. The molecule has 1 heteroatoms. The summed E-state index contributed by atoms with van der Waals surface area (Å²) in [6.07, 6.45) is 6.95. The number of nitrogens with two attached hydrogens (primary N) is 1. The molecule has 2 fully saturated rings. The second-order valence-corrected chi connectivity index (χ2v) is 8.86. The maximum atomic E-state index is 6.61. The van der Waals surface area contributed by atoms with E-state index in [1.165, 1.54) is 32.1 Å². The first kappa shape index (κ1) is 16.3. The van der Waals surface area contributed by atoms with Gasteiger partial charge in [0.1, 0.15) is 0 Å². The van der Waals surface area contributed by atoms with Crippen LogP contribution in [0.4, 0.5) is 0 Å². The maximum absolute atomic E-state index is 6.61. The largest absolute Gasteiger partial charge is 0.325 e. The zero-order valence-corrected chi connectivity index (χ0v) is 14.7. The summed E-state index contributed by atoms with van der Waals surface area (Å²) < 4.78 is 0. The van der Waals surface area contributed by atoms with Gasteiger partial charge in [-0.1, -0.05) is 48.0 Å². The van der Waals surface area contributed by atoms with Crippen molar-refractivity contribution < 1.29 is 0 Å². The first-order valence-corrected chi connectivity index (χ1v) is 9.04. The summed E-state index contributed by atoms with van der Waals surface area (Å²) in [5.74, 6) is 6.06. The smallest absolute Gasteiger partial charge is 0.0215 e. The van der Waals surface area contributed by atoms with Crippen molar-refractivity contribution in [2.45, 2.75) is 79.2 Å². The molecule has 2 aliphatic rings. The van der Waals surface area contributed by atoms with E-state index in [0.29, 0.717) is 5.92 Å². The molecule has 0 aromatic heterocycles. The third-order valence-corrected chi connectivity index (χ3v) is 6.84. The van der Waals surface area contributed by atoms with E-state index in [1.807, 2.05) is 0 Å². The van der Waals surface area contributed by atoms with Crippen LogP contribution in [0.2, 0.25) is 0 Å². The van der Waals surface area contributed by atoms with E-state index in [-0.39, 0.29) is 5.54 Å². The van der Waals surface area contributed by atoms with Gasteiger partial charge in [-0.2, -0.15) is 0 Å². The van der Waals surface area contributed by atoms with Crippen LogP contribution in [-0.4, -0.2) is 5.54 Å². The van der Waals surface area contributed by atoms with Crippen LogP contribution in [0.1, 0.15) is 73.6 Å². The van der Waals surface area contributed by atoms with Gasteiger partial charge in [0.25, 0.3) is 0 Å². The Labute approximate surface area is 127 Å². The lowest BCUT2D eigenvalue weighted by Gasteiger charge is -2.42. The molecule has 0 saturated heterocycles. The van der Waals surface area contributed by atoms with E-state index in [1.54, 1.807) is 0 Å². The van der Waals surface area contributed by atoms with Crippen molar-refractivity contribution in [1.82, 2.24) is 0 Å². The third-order valence-electron chi connectivity index (χ3n) is 6.84. The van der Waals surface area contributed by atoms with Gasteiger partial charge in [-0.25, -0.2) is 0 Å². The predicted octanol–water partition coefficient (Wildman–Crippen LogP) is 5.09. The lowest BCUT2D eigenvalue weighted by Crippen LogP contribution is -2.36. The molecular formula is C19H37N. The molecule has 118 valence electrons. The second-order valence-electron chi connectivity index (χ2n) is 8.86. The maximum Gasteiger partial charge on any atom is 0.0215 e. The van der Waals surface area contributed by atoms with E-state index in [9.17, 15) is 0 Å². The van der Waals surface area contributed by atoms with Gasteiger partial charge in [-0.3, -0.25) is 0 Å². The molecule has 2 N–H and O–H groups in total.